The number of aromatic nitrogens is 1. The molecule has 1 fully saturated rings. The van der Waals surface area contributed by atoms with Crippen molar-refractivity contribution in [1.29, 1.82) is 0 Å². The van der Waals surface area contributed by atoms with Crippen LogP contribution in [-0.2, 0) is 11.2 Å². The zero-order valence-electron chi connectivity index (χ0n) is 11.7. The van der Waals surface area contributed by atoms with Gasteiger partial charge in [-0.15, -0.1) is 0 Å². The second-order valence-corrected chi connectivity index (χ2v) is 5.50. The van der Waals surface area contributed by atoms with E-state index in [1.54, 1.807) is 0 Å². The summed E-state index contributed by atoms with van der Waals surface area (Å²) >= 11 is 0. The molecule has 1 aromatic heterocycles. The monoisotopic (exact) mass is 266 g/mol. The fourth-order valence-corrected chi connectivity index (χ4v) is 2.83. The highest BCUT2D eigenvalue weighted by molar-refractivity contribution is 5.77. The van der Waals surface area contributed by atoms with Gasteiger partial charge in [-0.3, -0.25) is 4.79 Å². The third-order valence-corrected chi connectivity index (χ3v) is 4.05. The van der Waals surface area contributed by atoms with Crippen LogP contribution in [0.5, 0.6) is 0 Å². The SMILES string of the molecule is Cc1noc(C)c1CCC(=O)NC1(CO)CCCC1. The number of aryl methyl sites for hydroxylation is 2. The Morgan fingerprint density at radius 3 is 2.63 bits per heavy atom. The third-order valence-electron chi connectivity index (χ3n) is 4.05. The van der Waals surface area contributed by atoms with E-state index in [0.29, 0.717) is 12.8 Å². The lowest BCUT2D eigenvalue weighted by Gasteiger charge is -2.28. The van der Waals surface area contributed by atoms with Gasteiger partial charge in [-0.05, 0) is 33.1 Å². The minimum atomic E-state index is -0.379. The quantitative estimate of drug-likeness (QED) is 0.849. The van der Waals surface area contributed by atoms with E-state index >= 15 is 0 Å². The maximum Gasteiger partial charge on any atom is 0.220 e. The molecule has 1 amide bonds. The molecule has 0 spiro atoms. The number of hydrogen-bond donors (Lipinski definition) is 2. The number of rotatable bonds is 5. The van der Waals surface area contributed by atoms with Crippen molar-refractivity contribution in [2.24, 2.45) is 0 Å². The number of carbonyl (C=O) groups excluding carboxylic acids is 1. The largest absolute Gasteiger partial charge is 0.394 e. The van der Waals surface area contributed by atoms with Crippen LogP contribution in [0.15, 0.2) is 4.52 Å². The minimum absolute atomic E-state index is 0.00375. The van der Waals surface area contributed by atoms with Gasteiger partial charge in [0.1, 0.15) is 5.76 Å². The summed E-state index contributed by atoms with van der Waals surface area (Å²) < 4.78 is 5.08. The zero-order valence-corrected chi connectivity index (χ0v) is 11.7. The highest BCUT2D eigenvalue weighted by atomic mass is 16.5. The molecule has 2 rings (SSSR count). The molecule has 1 aliphatic rings. The molecule has 1 heterocycles. The summed E-state index contributed by atoms with van der Waals surface area (Å²) in [6, 6.07) is 0. The van der Waals surface area contributed by atoms with Crippen LogP contribution in [0.4, 0.5) is 0 Å². The summed E-state index contributed by atoms with van der Waals surface area (Å²) in [6.45, 7) is 3.78. The van der Waals surface area contributed by atoms with Crippen molar-refractivity contribution >= 4 is 5.91 Å². The average Bonchev–Trinajstić information content (AvgIpc) is 2.96. The highest BCUT2D eigenvalue weighted by Crippen LogP contribution is 2.29. The van der Waals surface area contributed by atoms with Crippen molar-refractivity contribution in [1.82, 2.24) is 10.5 Å². The van der Waals surface area contributed by atoms with Gasteiger partial charge in [-0.25, -0.2) is 0 Å². The molecular formula is C14H22N2O3. The fourth-order valence-electron chi connectivity index (χ4n) is 2.83. The Morgan fingerprint density at radius 2 is 2.11 bits per heavy atom. The Balaban J connectivity index is 1.88. The first-order chi connectivity index (χ1) is 9.06. The molecule has 0 radical (unpaired) electrons. The number of nitrogens with zero attached hydrogens (tertiary/aromatic N) is 1. The molecule has 5 nitrogen and oxygen atoms in total. The highest BCUT2D eigenvalue weighted by Gasteiger charge is 2.34. The lowest BCUT2D eigenvalue weighted by atomic mass is 9.98. The van der Waals surface area contributed by atoms with Gasteiger partial charge in [0.25, 0.3) is 0 Å². The van der Waals surface area contributed by atoms with Gasteiger partial charge in [-0.1, -0.05) is 18.0 Å². The van der Waals surface area contributed by atoms with Gasteiger partial charge in [-0.2, -0.15) is 0 Å². The summed E-state index contributed by atoms with van der Waals surface area (Å²) in [5, 5.41) is 16.4. The molecule has 0 unspecified atom stereocenters. The predicted octanol–water partition coefficient (Wildman–Crippen LogP) is 1.65. The van der Waals surface area contributed by atoms with E-state index in [9.17, 15) is 9.90 Å². The van der Waals surface area contributed by atoms with E-state index < -0.39 is 0 Å². The first-order valence-corrected chi connectivity index (χ1v) is 6.90. The number of amides is 1. The summed E-state index contributed by atoms with van der Waals surface area (Å²) in [5.74, 6) is 0.777. The van der Waals surface area contributed by atoms with Crippen LogP contribution in [-0.4, -0.2) is 28.3 Å². The Labute approximate surface area is 113 Å². The van der Waals surface area contributed by atoms with Crippen LogP contribution >= 0.6 is 0 Å². The number of aliphatic hydroxyl groups excluding tert-OH is 1. The Kier molecular flexibility index (Phi) is 4.24. The molecule has 1 aliphatic carbocycles. The van der Waals surface area contributed by atoms with E-state index in [-0.39, 0.29) is 18.1 Å². The molecular weight excluding hydrogens is 244 g/mol. The van der Waals surface area contributed by atoms with Crippen molar-refractivity contribution in [3.8, 4) is 0 Å². The van der Waals surface area contributed by atoms with Crippen molar-refractivity contribution in [2.75, 3.05) is 6.61 Å². The normalized spacial score (nSPS) is 17.6. The lowest BCUT2D eigenvalue weighted by Crippen LogP contribution is -2.49. The minimum Gasteiger partial charge on any atom is -0.394 e. The van der Waals surface area contributed by atoms with Crippen LogP contribution in [0.25, 0.3) is 0 Å². The number of hydrogen-bond acceptors (Lipinski definition) is 4. The first kappa shape index (κ1) is 14.1. The van der Waals surface area contributed by atoms with Crippen LogP contribution in [0.2, 0.25) is 0 Å². The van der Waals surface area contributed by atoms with Crippen LogP contribution < -0.4 is 5.32 Å². The smallest absolute Gasteiger partial charge is 0.220 e. The third kappa shape index (κ3) is 3.15. The van der Waals surface area contributed by atoms with Gasteiger partial charge < -0.3 is 14.9 Å². The number of carbonyl (C=O) groups is 1. The first-order valence-electron chi connectivity index (χ1n) is 6.90. The molecule has 0 bridgehead atoms. The Morgan fingerprint density at radius 1 is 1.42 bits per heavy atom. The Hall–Kier alpha value is -1.36. The van der Waals surface area contributed by atoms with Crippen LogP contribution in [0.3, 0.4) is 0 Å². The molecule has 1 aromatic rings. The van der Waals surface area contributed by atoms with E-state index in [4.69, 9.17) is 4.52 Å². The predicted molar refractivity (Wildman–Crippen MR) is 70.7 cm³/mol. The molecule has 0 aliphatic heterocycles. The molecule has 19 heavy (non-hydrogen) atoms. The second-order valence-electron chi connectivity index (χ2n) is 5.50. The van der Waals surface area contributed by atoms with Crippen molar-refractivity contribution < 1.29 is 14.4 Å². The lowest BCUT2D eigenvalue weighted by molar-refractivity contribution is -0.123. The molecule has 0 saturated heterocycles. The van der Waals surface area contributed by atoms with Gasteiger partial charge in [0.05, 0.1) is 17.8 Å². The summed E-state index contributed by atoms with van der Waals surface area (Å²) in [7, 11) is 0. The van der Waals surface area contributed by atoms with Gasteiger partial charge in [0.15, 0.2) is 0 Å². The maximum atomic E-state index is 12.0. The van der Waals surface area contributed by atoms with Gasteiger partial charge in [0.2, 0.25) is 5.91 Å². The molecule has 5 heteroatoms. The van der Waals surface area contributed by atoms with E-state index in [0.717, 1.165) is 42.7 Å². The number of aliphatic hydroxyl groups is 1. The van der Waals surface area contributed by atoms with Crippen molar-refractivity contribution in [3.05, 3.63) is 17.0 Å². The molecule has 0 atom stereocenters. The van der Waals surface area contributed by atoms with Gasteiger partial charge >= 0.3 is 0 Å². The summed E-state index contributed by atoms with van der Waals surface area (Å²) in [6.07, 6.45) is 4.94. The molecule has 1 saturated carbocycles. The molecule has 2 N–H and O–H groups in total. The summed E-state index contributed by atoms with van der Waals surface area (Å²) in [4.78, 5) is 12.0. The Bertz CT molecular complexity index is 428. The molecule has 106 valence electrons. The van der Waals surface area contributed by atoms with E-state index in [1.807, 2.05) is 13.8 Å². The van der Waals surface area contributed by atoms with E-state index in [2.05, 4.69) is 10.5 Å². The van der Waals surface area contributed by atoms with Crippen LogP contribution in [0, 0.1) is 13.8 Å². The fraction of sp³-hybridized carbons (Fsp3) is 0.714. The topological polar surface area (TPSA) is 75.4 Å². The standard InChI is InChI=1S/C14H22N2O3/c1-10-12(11(2)19-16-10)5-6-13(18)15-14(9-17)7-3-4-8-14/h17H,3-9H2,1-2H3,(H,15,18). The maximum absolute atomic E-state index is 12.0. The molecule has 0 aromatic carbocycles. The second kappa shape index (κ2) is 5.74. The average molecular weight is 266 g/mol. The summed E-state index contributed by atoms with van der Waals surface area (Å²) in [5.41, 5.74) is 1.48. The zero-order chi connectivity index (χ0) is 13.9. The van der Waals surface area contributed by atoms with Crippen LogP contribution in [0.1, 0.15) is 49.1 Å². The van der Waals surface area contributed by atoms with Crippen molar-refractivity contribution in [2.45, 2.75) is 57.9 Å². The van der Waals surface area contributed by atoms with E-state index in [1.165, 1.54) is 0 Å². The van der Waals surface area contributed by atoms with Gasteiger partial charge in [0, 0.05) is 12.0 Å². The van der Waals surface area contributed by atoms with Crippen molar-refractivity contribution in [3.63, 3.8) is 0 Å². The number of nitrogens with one attached hydrogen (secondary N) is 1.